The maximum Gasteiger partial charge on any atom is 0.258 e. The molecule has 0 unspecified atom stereocenters. The first kappa shape index (κ1) is 23.5. The van der Waals surface area contributed by atoms with Gasteiger partial charge in [0, 0.05) is 36.2 Å². The second kappa shape index (κ2) is 9.40. The van der Waals surface area contributed by atoms with Crippen LogP contribution in [0.4, 0.5) is 4.39 Å². The van der Waals surface area contributed by atoms with Gasteiger partial charge in [-0.1, -0.05) is 49.4 Å². The second-order valence-electron chi connectivity index (χ2n) is 9.47. The van der Waals surface area contributed by atoms with Crippen molar-refractivity contribution >= 4 is 5.91 Å². The molecule has 2 aliphatic heterocycles. The molecule has 3 heterocycles. The number of halogens is 1. The number of pyridine rings is 1. The van der Waals surface area contributed by atoms with E-state index >= 15 is 0 Å². The third-order valence-electron chi connectivity index (χ3n) is 7.62. The van der Waals surface area contributed by atoms with Crippen LogP contribution in [0.25, 0.3) is 11.1 Å². The van der Waals surface area contributed by atoms with E-state index in [1.165, 1.54) is 12.1 Å². The maximum absolute atomic E-state index is 13.8. The van der Waals surface area contributed by atoms with Crippen LogP contribution >= 0.6 is 0 Å². The number of aliphatic hydroxyl groups is 1. The Kier molecular flexibility index (Phi) is 6.30. The standard InChI is InChI=1S/C28H30FN3O3/c1-3-31-25-22(23(16-33)26(31)27(34)30-17(2)18-8-5-4-6-9-18)15-32-24(25)13-12-21(28(32)35)19-10-7-11-20(29)14-19/h4-14,17,22-23,25-26,33H,3,15-16H2,1-2H3,(H,30,34)/t17-,22-,23-,25+,26-/m0/s1. The van der Waals surface area contributed by atoms with Crippen molar-refractivity contribution in [2.75, 3.05) is 13.2 Å². The van der Waals surface area contributed by atoms with Gasteiger partial charge < -0.3 is 15.0 Å². The van der Waals surface area contributed by atoms with Crippen molar-refractivity contribution in [2.45, 2.75) is 38.5 Å². The fourth-order valence-corrected chi connectivity index (χ4v) is 5.98. The predicted molar refractivity (Wildman–Crippen MR) is 132 cm³/mol. The van der Waals surface area contributed by atoms with E-state index in [0.717, 1.165) is 11.3 Å². The molecule has 6 nitrogen and oxygen atoms in total. The quantitative estimate of drug-likeness (QED) is 0.572. The van der Waals surface area contributed by atoms with E-state index < -0.39 is 6.04 Å². The lowest BCUT2D eigenvalue weighted by molar-refractivity contribution is -0.128. The number of nitrogens with one attached hydrogen (secondary N) is 1. The number of benzene rings is 2. The van der Waals surface area contributed by atoms with Crippen molar-refractivity contribution in [2.24, 2.45) is 11.8 Å². The zero-order valence-electron chi connectivity index (χ0n) is 19.9. The number of rotatable bonds is 6. The van der Waals surface area contributed by atoms with Crippen molar-refractivity contribution in [3.63, 3.8) is 0 Å². The molecule has 1 amide bonds. The SMILES string of the molecule is CCN1[C@H](C(=O)N[C@@H](C)c2ccccc2)[C@@H](CO)[C@@H]2Cn3c(ccc(-c4cccc(F)c4)c3=O)[C@@H]21. The topological polar surface area (TPSA) is 74.6 Å². The molecule has 3 aromatic rings. The molecule has 1 saturated heterocycles. The molecule has 35 heavy (non-hydrogen) atoms. The minimum absolute atomic E-state index is 0.0711. The summed E-state index contributed by atoms with van der Waals surface area (Å²) in [7, 11) is 0. The van der Waals surface area contributed by atoms with Crippen LogP contribution in [0.1, 0.15) is 37.2 Å². The number of likely N-dealkylation sites (tertiary alicyclic amines) is 1. The van der Waals surface area contributed by atoms with Crippen molar-refractivity contribution in [3.05, 3.63) is 94.2 Å². The van der Waals surface area contributed by atoms with E-state index in [0.29, 0.717) is 24.2 Å². The lowest BCUT2D eigenvalue weighted by Crippen LogP contribution is -2.48. The molecule has 0 radical (unpaired) electrons. The molecule has 0 spiro atoms. The molecule has 0 aliphatic carbocycles. The summed E-state index contributed by atoms with van der Waals surface area (Å²) in [5.74, 6) is -0.875. The number of hydrogen-bond donors (Lipinski definition) is 2. The van der Waals surface area contributed by atoms with Gasteiger partial charge in [-0.2, -0.15) is 0 Å². The lowest BCUT2D eigenvalue weighted by Gasteiger charge is -2.30. The molecule has 7 heteroatoms. The fourth-order valence-electron chi connectivity index (χ4n) is 5.98. The van der Waals surface area contributed by atoms with Gasteiger partial charge >= 0.3 is 0 Å². The number of amides is 1. The summed E-state index contributed by atoms with van der Waals surface area (Å²) in [6.07, 6.45) is 0. The van der Waals surface area contributed by atoms with Gasteiger partial charge in [-0.05, 0) is 48.9 Å². The van der Waals surface area contributed by atoms with Gasteiger partial charge in [0.25, 0.3) is 5.56 Å². The number of carbonyl (C=O) groups excluding carboxylic acids is 1. The summed E-state index contributed by atoms with van der Waals surface area (Å²) in [6, 6.07) is 18.7. The third kappa shape index (κ3) is 3.98. The average molecular weight is 476 g/mol. The van der Waals surface area contributed by atoms with Gasteiger partial charge in [-0.15, -0.1) is 0 Å². The van der Waals surface area contributed by atoms with Crippen LogP contribution < -0.4 is 10.9 Å². The summed E-state index contributed by atoms with van der Waals surface area (Å²) in [6.45, 7) is 4.83. The van der Waals surface area contributed by atoms with Crippen molar-refractivity contribution < 1.29 is 14.3 Å². The largest absolute Gasteiger partial charge is 0.396 e. The highest BCUT2D eigenvalue weighted by molar-refractivity contribution is 5.83. The van der Waals surface area contributed by atoms with Crippen molar-refractivity contribution in [3.8, 4) is 11.1 Å². The maximum atomic E-state index is 13.8. The Morgan fingerprint density at radius 1 is 1.14 bits per heavy atom. The number of likely N-dealkylation sites (N-methyl/N-ethyl adjacent to an activating group) is 1. The number of aliphatic hydroxyl groups excluding tert-OH is 1. The van der Waals surface area contributed by atoms with Crippen LogP contribution in [-0.4, -0.2) is 39.7 Å². The molecule has 182 valence electrons. The van der Waals surface area contributed by atoms with E-state index in [2.05, 4.69) is 10.2 Å². The van der Waals surface area contributed by atoms with Crippen molar-refractivity contribution in [1.29, 1.82) is 0 Å². The molecule has 2 N–H and O–H groups in total. The van der Waals surface area contributed by atoms with E-state index in [1.807, 2.05) is 50.2 Å². The molecule has 5 atom stereocenters. The molecular weight excluding hydrogens is 445 g/mol. The first-order chi connectivity index (χ1) is 16.9. The first-order valence-electron chi connectivity index (χ1n) is 12.2. The number of carbonyl (C=O) groups is 1. The van der Waals surface area contributed by atoms with Gasteiger partial charge in [0.05, 0.1) is 18.1 Å². The van der Waals surface area contributed by atoms with Crippen LogP contribution in [0, 0.1) is 17.7 Å². The zero-order valence-corrected chi connectivity index (χ0v) is 19.9. The Morgan fingerprint density at radius 3 is 2.60 bits per heavy atom. The summed E-state index contributed by atoms with van der Waals surface area (Å²) in [5.41, 5.74) is 2.67. The van der Waals surface area contributed by atoms with Crippen LogP contribution in [0.2, 0.25) is 0 Å². The number of fused-ring (bicyclic) bond motifs is 3. The minimum Gasteiger partial charge on any atom is -0.396 e. The minimum atomic E-state index is -0.488. The first-order valence-corrected chi connectivity index (χ1v) is 12.2. The number of aromatic nitrogens is 1. The van der Waals surface area contributed by atoms with Crippen LogP contribution in [0.3, 0.4) is 0 Å². The van der Waals surface area contributed by atoms with E-state index in [9.17, 15) is 19.1 Å². The molecule has 2 aromatic carbocycles. The van der Waals surface area contributed by atoms with E-state index in [-0.39, 0.29) is 47.8 Å². The zero-order chi connectivity index (χ0) is 24.7. The summed E-state index contributed by atoms with van der Waals surface area (Å²) in [5, 5.41) is 13.5. The summed E-state index contributed by atoms with van der Waals surface area (Å²) >= 11 is 0. The molecule has 1 fully saturated rings. The Hall–Kier alpha value is -3.29. The fraction of sp³-hybridized carbons (Fsp3) is 0.357. The van der Waals surface area contributed by atoms with Gasteiger partial charge in [0.2, 0.25) is 5.91 Å². The van der Waals surface area contributed by atoms with E-state index in [4.69, 9.17) is 0 Å². The highest BCUT2D eigenvalue weighted by Gasteiger charge is 2.55. The smallest absolute Gasteiger partial charge is 0.258 e. The van der Waals surface area contributed by atoms with Crippen LogP contribution in [0.5, 0.6) is 0 Å². The van der Waals surface area contributed by atoms with Crippen molar-refractivity contribution in [1.82, 2.24) is 14.8 Å². The summed E-state index contributed by atoms with van der Waals surface area (Å²) in [4.78, 5) is 29.0. The van der Waals surface area contributed by atoms with Gasteiger partial charge in [-0.25, -0.2) is 4.39 Å². The Bertz CT molecular complexity index is 1290. The van der Waals surface area contributed by atoms with Crippen LogP contribution in [-0.2, 0) is 11.3 Å². The average Bonchev–Trinajstić information content (AvgIpc) is 3.39. The van der Waals surface area contributed by atoms with Crippen LogP contribution in [0.15, 0.2) is 71.5 Å². The normalized spacial score (nSPS) is 24.1. The number of nitrogens with zero attached hydrogens (tertiary/aromatic N) is 2. The third-order valence-corrected chi connectivity index (χ3v) is 7.62. The molecule has 0 saturated carbocycles. The lowest BCUT2D eigenvalue weighted by atomic mass is 9.88. The van der Waals surface area contributed by atoms with Gasteiger partial charge in [0.1, 0.15) is 5.82 Å². The highest BCUT2D eigenvalue weighted by Crippen LogP contribution is 2.49. The molecule has 5 rings (SSSR count). The molecule has 2 aliphatic rings. The highest BCUT2D eigenvalue weighted by atomic mass is 19.1. The van der Waals surface area contributed by atoms with E-state index in [1.54, 1.807) is 22.8 Å². The van der Waals surface area contributed by atoms with Gasteiger partial charge in [0.15, 0.2) is 0 Å². The Morgan fingerprint density at radius 2 is 1.91 bits per heavy atom. The Balaban J connectivity index is 1.46. The predicted octanol–water partition coefficient (Wildman–Crippen LogP) is 3.52. The Labute approximate surface area is 204 Å². The second-order valence-corrected chi connectivity index (χ2v) is 9.47. The summed E-state index contributed by atoms with van der Waals surface area (Å²) < 4.78 is 15.5. The molecular formula is C28H30FN3O3. The number of hydrogen-bond acceptors (Lipinski definition) is 4. The monoisotopic (exact) mass is 475 g/mol. The molecule has 0 bridgehead atoms. The molecule has 1 aromatic heterocycles. The van der Waals surface area contributed by atoms with Gasteiger partial charge in [-0.3, -0.25) is 14.5 Å².